The summed E-state index contributed by atoms with van der Waals surface area (Å²) in [5, 5.41) is 11.3. The number of likely N-dealkylation sites (tertiary alicyclic amines) is 1. The summed E-state index contributed by atoms with van der Waals surface area (Å²) in [4.78, 5) is 29.3. The molecule has 0 spiro atoms. The molecule has 30 heavy (non-hydrogen) atoms. The molecule has 1 aliphatic heterocycles. The summed E-state index contributed by atoms with van der Waals surface area (Å²) in [5.41, 5.74) is 2.23. The Bertz CT molecular complexity index is 999. The van der Waals surface area contributed by atoms with Crippen molar-refractivity contribution in [3.63, 3.8) is 0 Å². The van der Waals surface area contributed by atoms with Crippen molar-refractivity contribution in [2.45, 2.75) is 13.0 Å². The number of aryl methyl sites for hydroxylation is 1. The zero-order valence-electron chi connectivity index (χ0n) is 17.5. The zero-order valence-corrected chi connectivity index (χ0v) is 18.2. The Labute approximate surface area is 181 Å². The van der Waals surface area contributed by atoms with Crippen LogP contribution in [0, 0.1) is 6.92 Å². The number of carbonyl (C=O) groups excluding carboxylic acids is 2. The molecule has 0 bridgehead atoms. The number of halogens is 1. The highest BCUT2D eigenvalue weighted by Crippen LogP contribution is 2.40. The third-order valence-corrected chi connectivity index (χ3v) is 5.44. The average Bonchev–Trinajstić information content (AvgIpc) is 2.96. The molecule has 6 nitrogen and oxygen atoms in total. The van der Waals surface area contributed by atoms with Crippen LogP contribution in [0.4, 0.5) is 0 Å². The van der Waals surface area contributed by atoms with E-state index >= 15 is 0 Å². The summed E-state index contributed by atoms with van der Waals surface area (Å²) in [5.74, 6) is -1.13. The van der Waals surface area contributed by atoms with Gasteiger partial charge < -0.3 is 19.6 Å². The Kier molecular flexibility index (Phi) is 6.48. The fourth-order valence-electron chi connectivity index (χ4n) is 3.48. The first-order chi connectivity index (χ1) is 14.2. The van der Waals surface area contributed by atoms with Gasteiger partial charge in [0.1, 0.15) is 11.5 Å². The third-order valence-electron chi connectivity index (χ3n) is 5.15. The van der Waals surface area contributed by atoms with Crippen LogP contribution in [0.1, 0.15) is 22.7 Å². The van der Waals surface area contributed by atoms with Gasteiger partial charge in [0.05, 0.1) is 23.7 Å². The number of carbonyl (C=O) groups is 2. The van der Waals surface area contributed by atoms with Crippen LogP contribution in [0.15, 0.2) is 48.0 Å². The minimum absolute atomic E-state index is 0.0591. The number of likely N-dealkylation sites (N-methyl/N-ethyl adjacent to an activating group) is 1. The van der Waals surface area contributed by atoms with Crippen molar-refractivity contribution in [2.24, 2.45) is 0 Å². The lowest BCUT2D eigenvalue weighted by Crippen LogP contribution is -2.35. The van der Waals surface area contributed by atoms with Crippen LogP contribution in [-0.2, 0) is 9.59 Å². The Morgan fingerprint density at radius 3 is 2.40 bits per heavy atom. The summed E-state index contributed by atoms with van der Waals surface area (Å²) in [6.45, 7) is 2.91. The first-order valence-electron chi connectivity index (χ1n) is 9.58. The van der Waals surface area contributed by atoms with E-state index in [-0.39, 0.29) is 11.3 Å². The number of ether oxygens (including phenoxy) is 1. The van der Waals surface area contributed by atoms with E-state index in [9.17, 15) is 14.7 Å². The van der Waals surface area contributed by atoms with Gasteiger partial charge in [0, 0.05) is 18.7 Å². The number of nitrogens with zero attached hydrogens (tertiary/aromatic N) is 2. The molecule has 1 fully saturated rings. The van der Waals surface area contributed by atoms with Gasteiger partial charge in [-0.2, -0.15) is 0 Å². The summed E-state index contributed by atoms with van der Waals surface area (Å²) >= 11 is 6.20. The van der Waals surface area contributed by atoms with Gasteiger partial charge in [-0.15, -0.1) is 0 Å². The number of benzene rings is 2. The van der Waals surface area contributed by atoms with E-state index in [2.05, 4.69) is 0 Å². The number of aliphatic hydroxyl groups excluding tert-OH is 1. The van der Waals surface area contributed by atoms with Gasteiger partial charge in [-0.05, 0) is 44.8 Å². The lowest BCUT2D eigenvalue weighted by molar-refractivity contribution is -0.140. The van der Waals surface area contributed by atoms with Gasteiger partial charge in [-0.3, -0.25) is 9.59 Å². The predicted octanol–water partition coefficient (Wildman–Crippen LogP) is 3.64. The van der Waals surface area contributed by atoms with E-state index in [4.69, 9.17) is 16.3 Å². The largest absolute Gasteiger partial charge is 0.507 e. The van der Waals surface area contributed by atoms with Crippen LogP contribution in [0.5, 0.6) is 5.75 Å². The summed E-state index contributed by atoms with van der Waals surface area (Å²) in [7, 11) is 5.29. The molecule has 2 aromatic carbocycles. The van der Waals surface area contributed by atoms with E-state index < -0.39 is 17.7 Å². The molecule has 3 rings (SSSR count). The molecule has 1 aliphatic rings. The number of rotatable bonds is 6. The number of aliphatic hydroxyl groups is 1. The van der Waals surface area contributed by atoms with E-state index in [1.54, 1.807) is 12.1 Å². The SMILES string of the molecule is COc1ccc(/C(O)=C2/C(=O)C(=O)N(CCN(C)C)[C@@H]2c2ccc(C)cc2)cc1Cl. The maximum absolute atomic E-state index is 13.0. The predicted molar refractivity (Wildman–Crippen MR) is 117 cm³/mol. The minimum atomic E-state index is -0.705. The topological polar surface area (TPSA) is 70.1 Å². The Morgan fingerprint density at radius 2 is 1.83 bits per heavy atom. The van der Waals surface area contributed by atoms with Crippen molar-refractivity contribution in [3.05, 3.63) is 69.8 Å². The number of hydrogen-bond donors (Lipinski definition) is 1. The quantitative estimate of drug-likeness (QED) is 0.432. The second-order valence-corrected chi connectivity index (χ2v) is 7.96. The molecule has 0 unspecified atom stereocenters. The normalized spacial score (nSPS) is 18.3. The van der Waals surface area contributed by atoms with Crippen molar-refractivity contribution in [2.75, 3.05) is 34.3 Å². The van der Waals surface area contributed by atoms with E-state index in [0.717, 1.165) is 11.1 Å². The monoisotopic (exact) mass is 428 g/mol. The minimum Gasteiger partial charge on any atom is -0.507 e. The summed E-state index contributed by atoms with van der Waals surface area (Å²) in [6, 6.07) is 11.7. The van der Waals surface area contributed by atoms with E-state index in [1.165, 1.54) is 18.1 Å². The van der Waals surface area contributed by atoms with Crippen molar-refractivity contribution >= 4 is 29.1 Å². The lowest BCUT2D eigenvalue weighted by atomic mass is 9.94. The highest BCUT2D eigenvalue weighted by molar-refractivity contribution is 6.46. The van der Waals surface area contributed by atoms with Gasteiger partial charge >= 0.3 is 0 Å². The molecule has 1 atom stereocenters. The highest BCUT2D eigenvalue weighted by atomic mass is 35.5. The molecular formula is C23H25ClN2O4. The molecule has 2 aromatic rings. The number of hydrogen-bond acceptors (Lipinski definition) is 5. The fourth-order valence-corrected chi connectivity index (χ4v) is 3.74. The molecule has 0 saturated carbocycles. The molecule has 1 saturated heterocycles. The van der Waals surface area contributed by atoms with Crippen LogP contribution < -0.4 is 4.74 Å². The Balaban J connectivity index is 2.14. The average molecular weight is 429 g/mol. The molecule has 0 aliphatic carbocycles. The smallest absolute Gasteiger partial charge is 0.295 e. The molecule has 0 radical (unpaired) electrons. The van der Waals surface area contributed by atoms with Gasteiger partial charge in [0.25, 0.3) is 11.7 Å². The second kappa shape index (κ2) is 8.90. The maximum atomic E-state index is 13.0. The Morgan fingerprint density at radius 1 is 1.17 bits per heavy atom. The molecule has 7 heteroatoms. The zero-order chi connectivity index (χ0) is 22.0. The van der Waals surface area contributed by atoms with Gasteiger partial charge in [0.2, 0.25) is 0 Å². The standard InChI is InChI=1S/C23H25ClN2O4/c1-14-5-7-15(8-6-14)20-19(22(28)23(29)26(20)12-11-25(2)3)21(27)16-9-10-18(30-4)17(24)13-16/h5-10,13,20,27H,11-12H2,1-4H3/b21-19-/t20-/m1/s1. The Hall–Kier alpha value is -2.83. The number of Topliss-reactive ketones (excluding diaryl/α,β-unsaturated/α-hetero) is 1. The second-order valence-electron chi connectivity index (χ2n) is 7.56. The van der Waals surface area contributed by atoms with Crippen molar-refractivity contribution in [1.82, 2.24) is 9.80 Å². The molecule has 158 valence electrons. The number of ketones is 1. The van der Waals surface area contributed by atoms with Crippen LogP contribution in [-0.4, -0.2) is 60.9 Å². The van der Waals surface area contributed by atoms with Crippen LogP contribution in [0.25, 0.3) is 5.76 Å². The van der Waals surface area contributed by atoms with Gasteiger partial charge in [-0.25, -0.2) is 0 Å². The molecule has 0 aromatic heterocycles. The van der Waals surface area contributed by atoms with Crippen LogP contribution in [0.2, 0.25) is 5.02 Å². The van der Waals surface area contributed by atoms with Crippen molar-refractivity contribution < 1.29 is 19.4 Å². The maximum Gasteiger partial charge on any atom is 0.295 e. The lowest BCUT2D eigenvalue weighted by Gasteiger charge is -2.26. The summed E-state index contributed by atoms with van der Waals surface area (Å²) < 4.78 is 5.15. The first kappa shape index (κ1) is 21.9. The van der Waals surface area contributed by atoms with Gasteiger partial charge in [-0.1, -0.05) is 41.4 Å². The first-order valence-corrected chi connectivity index (χ1v) is 9.96. The third kappa shape index (κ3) is 4.20. The van der Waals surface area contributed by atoms with Crippen LogP contribution >= 0.6 is 11.6 Å². The molecule has 1 amide bonds. The van der Waals surface area contributed by atoms with Crippen molar-refractivity contribution in [1.29, 1.82) is 0 Å². The van der Waals surface area contributed by atoms with E-state index in [1.807, 2.05) is 50.2 Å². The highest BCUT2D eigenvalue weighted by Gasteiger charge is 2.45. The fraction of sp³-hybridized carbons (Fsp3) is 0.304. The molecular weight excluding hydrogens is 404 g/mol. The van der Waals surface area contributed by atoms with E-state index in [0.29, 0.717) is 29.4 Å². The number of methoxy groups -OCH3 is 1. The molecule has 1 N–H and O–H groups in total. The van der Waals surface area contributed by atoms with Crippen LogP contribution in [0.3, 0.4) is 0 Å². The van der Waals surface area contributed by atoms with Crippen molar-refractivity contribution in [3.8, 4) is 5.75 Å². The van der Waals surface area contributed by atoms with Gasteiger partial charge in [0.15, 0.2) is 0 Å². The molecule has 1 heterocycles. The summed E-state index contributed by atoms with van der Waals surface area (Å²) in [6.07, 6.45) is 0. The number of amides is 1.